The van der Waals surface area contributed by atoms with Gasteiger partial charge in [0.1, 0.15) is 0 Å². The Morgan fingerprint density at radius 2 is 1.83 bits per heavy atom. The quantitative estimate of drug-likeness (QED) is 0.353. The number of hydrogen-bond acceptors (Lipinski definition) is 2. The number of carbonyl (C=O) groups is 1. The van der Waals surface area contributed by atoms with Crippen molar-refractivity contribution in [2.45, 2.75) is 34.1 Å². The van der Waals surface area contributed by atoms with Gasteiger partial charge in [-0.3, -0.25) is 9.79 Å². The van der Waals surface area contributed by atoms with E-state index in [1.54, 1.807) is 0 Å². The number of guanidine groups is 1. The van der Waals surface area contributed by atoms with Gasteiger partial charge in [0.15, 0.2) is 5.96 Å². The average molecular weight is 432 g/mol. The highest BCUT2D eigenvalue weighted by Crippen LogP contribution is 2.09. The lowest BCUT2D eigenvalue weighted by molar-refractivity contribution is -0.114. The van der Waals surface area contributed by atoms with Gasteiger partial charge in [0.25, 0.3) is 0 Å². The second kappa shape index (κ2) is 12.2. The first kappa shape index (κ1) is 21.7. The highest BCUT2D eigenvalue weighted by Gasteiger charge is 2.00. The molecule has 1 aromatic rings. The molecule has 1 aromatic carbocycles. The zero-order valence-electron chi connectivity index (χ0n) is 14.5. The van der Waals surface area contributed by atoms with E-state index in [2.05, 4.69) is 41.7 Å². The van der Waals surface area contributed by atoms with Crippen molar-refractivity contribution in [2.75, 3.05) is 25.0 Å². The van der Waals surface area contributed by atoms with Crippen LogP contribution in [0.25, 0.3) is 0 Å². The van der Waals surface area contributed by atoms with Gasteiger partial charge in [0.2, 0.25) is 5.91 Å². The van der Waals surface area contributed by atoms with Crippen LogP contribution >= 0.6 is 24.0 Å². The Morgan fingerprint density at radius 1 is 1.17 bits per heavy atom. The van der Waals surface area contributed by atoms with Crippen LogP contribution in [-0.2, 0) is 11.2 Å². The van der Waals surface area contributed by atoms with E-state index in [0.717, 1.165) is 37.7 Å². The molecule has 1 amide bonds. The fourth-order valence-electron chi connectivity index (χ4n) is 1.90. The summed E-state index contributed by atoms with van der Waals surface area (Å²) in [6.45, 7) is 10.4. The van der Waals surface area contributed by atoms with Crippen molar-refractivity contribution in [3.63, 3.8) is 0 Å². The largest absolute Gasteiger partial charge is 0.357 e. The molecule has 5 nitrogen and oxygen atoms in total. The fraction of sp³-hybridized carbons (Fsp3) is 0.529. The van der Waals surface area contributed by atoms with E-state index in [4.69, 9.17) is 0 Å². The van der Waals surface area contributed by atoms with Crippen LogP contribution in [0.5, 0.6) is 0 Å². The van der Waals surface area contributed by atoms with E-state index in [0.29, 0.717) is 5.92 Å². The van der Waals surface area contributed by atoms with E-state index in [9.17, 15) is 4.79 Å². The van der Waals surface area contributed by atoms with Crippen LogP contribution in [-0.4, -0.2) is 31.5 Å². The fourth-order valence-corrected chi connectivity index (χ4v) is 1.90. The number of carbonyl (C=O) groups excluding carboxylic acids is 1. The minimum atomic E-state index is -0.0499. The number of amides is 1. The third-order valence-corrected chi connectivity index (χ3v) is 2.94. The van der Waals surface area contributed by atoms with Crippen molar-refractivity contribution in [1.82, 2.24) is 10.6 Å². The number of nitrogens with one attached hydrogen (secondary N) is 3. The second-order valence-corrected chi connectivity index (χ2v) is 5.67. The lowest BCUT2D eigenvalue weighted by Crippen LogP contribution is -2.38. The molecule has 130 valence electrons. The van der Waals surface area contributed by atoms with Gasteiger partial charge in [-0.1, -0.05) is 26.0 Å². The Bertz CT molecular complexity index is 486. The van der Waals surface area contributed by atoms with Crippen LogP contribution in [0.1, 0.15) is 33.3 Å². The summed E-state index contributed by atoms with van der Waals surface area (Å²) in [7, 11) is 0. The summed E-state index contributed by atoms with van der Waals surface area (Å²) in [4.78, 5) is 15.5. The van der Waals surface area contributed by atoms with Gasteiger partial charge in [0.05, 0.1) is 0 Å². The summed E-state index contributed by atoms with van der Waals surface area (Å²) in [5.41, 5.74) is 2.05. The summed E-state index contributed by atoms with van der Waals surface area (Å²) in [6.07, 6.45) is 0.909. The molecule has 0 aliphatic heterocycles. The van der Waals surface area contributed by atoms with Crippen LogP contribution in [0.2, 0.25) is 0 Å². The van der Waals surface area contributed by atoms with Crippen molar-refractivity contribution in [3.8, 4) is 0 Å². The topological polar surface area (TPSA) is 65.5 Å². The number of benzene rings is 1. The smallest absolute Gasteiger partial charge is 0.221 e. The number of rotatable bonds is 7. The van der Waals surface area contributed by atoms with Crippen molar-refractivity contribution in [1.29, 1.82) is 0 Å². The summed E-state index contributed by atoms with van der Waals surface area (Å²) in [6, 6.07) is 7.92. The van der Waals surface area contributed by atoms with E-state index in [-0.39, 0.29) is 29.9 Å². The van der Waals surface area contributed by atoms with Crippen molar-refractivity contribution < 1.29 is 4.79 Å². The Morgan fingerprint density at radius 3 is 2.35 bits per heavy atom. The molecular formula is C17H29IN4O. The first-order valence-electron chi connectivity index (χ1n) is 7.90. The Hall–Kier alpha value is -1.31. The summed E-state index contributed by atoms with van der Waals surface area (Å²) in [5.74, 6) is 1.37. The molecular weight excluding hydrogens is 403 g/mol. The maximum Gasteiger partial charge on any atom is 0.221 e. The van der Waals surface area contributed by atoms with E-state index >= 15 is 0 Å². The number of aliphatic imine (C=N–C) groups is 1. The lowest BCUT2D eigenvalue weighted by Gasteiger charge is -2.12. The van der Waals surface area contributed by atoms with Gasteiger partial charge >= 0.3 is 0 Å². The molecule has 0 aliphatic rings. The van der Waals surface area contributed by atoms with E-state index in [1.807, 2.05) is 24.3 Å². The predicted octanol–water partition coefficient (Wildman–Crippen LogP) is 3.02. The summed E-state index contributed by atoms with van der Waals surface area (Å²) < 4.78 is 0. The molecule has 0 radical (unpaired) electrons. The highest BCUT2D eigenvalue weighted by molar-refractivity contribution is 14.0. The van der Waals surface area contributed by atoms with Crippen LogP contribution in [0.15, 0.2) is 29.3 Å². The Labute approximate surface area is 156 Å². The van der Waals surface area contributed by atoms with Gasteiger partial charge in [0, 0.05) is 32.2 Å². The van der Waals surface area contributed by atoms with Crippen molar-refractivity contribution in [3.05, 3.63) is 29.8 Å². The molecule has 1 rings (SSSR count). The lowest BCUT2D eigenvalue weighted by atomic mass is 10.1. The summed E-state index contributed by atoms with van der Waals surface area (Å²) >= 11 is 0. The molecule has 0 aromatic heterocycles. The predicted molar refractivity (Wildman–Crippen MR) is 109 cm³/mol. The standard InChI is InChI=1S/C17H28N4O.HI/c1-5-18-17(20-12-13(2)3)19-11-10-15-6-8-16(9-7-15)21-14(4)22;/h6-9,13H,5,10-12H2,1-4H3,(H,21,22)(H2,18,19,20);1H. The van der Waals surface area contributed by atoms with E-state index in [1.165, 1.54) is 12.5 Å². The van der Waals surface area contributed by atoms with E-state index < -0.39 is 0 Å². The monoisotopic (exact) mass is 432 g/mol. The van der Waals surface area contributed by atoms with Gasteiger partial charge in [-0.15, -0.1) is 24.0 Å². The highest BCUT2D eigenvalue weighted by atomic mass is 127. The zero-order valence-corrected chi connectivity index (χ0v) is 16.8. The molecule has 3 N–H and O–H groups in total. The minimum absolute atomic E-state index is 0. The molecule has 0 spiro atoms. The summed E-state index contributed by atoms with van der Waals surface area (Å²) in [5, 5.41) is 9.35. The number of hydrogen-bond donors (Lipinski definition) is 3. The number of halogens is 1. The van der Waals surface area contributed by atoms with Gasteiger partial charge in [-0.2, -0.15) is 0 Å². The molecule has 0 saturated carbocycles. The van der Waals surface area contributed by atoms with Gasteiger partial charge in [-0.05, 0) is 37.0 Å². The molecule has 0 bridgehead atoms. The maximum absolute atomic E-state index is 11.0. The third kappa shape index (κ3) is 10.1. The van der Waals surface area contributed by atoms with Crippen LogP contribution in [0.3, 0.4) is 0 Å². The van der Waals surface area contributed by atoms with Crippen molar-refractivity contribution >= 4 is 41.5 Å². The molecule has 0 unspecified atom stereocenters. The third-order valence-electron chi connectivity index (χ3n) is 2.94. The normalized spacial score (nSPS) is 10.9. The Balaban J connectivity index is 0.00000484. The van der Waals surface area contributed by atoms with Crippen LogP contribution in [0, 0.1) is 5.92 Å². The second-order valence-electron chi connectivity index (χ2n) is 5.67. The molecule has 0 heterocycles. The minimum Gasteiger partial charge on any atom is -0.357 e. The average Bonchev–Trinajstić information content (AvgIpc) is 2.46. The first-order chi connectivity index (χ1) is 10.5. The van der Waals surface area contributed by atoms with Crippen LogP contribution < -0.4 is 16.0 Å². The number of nitrogens with zero attached hydrogens (tertiary/aromatic N) is 1. The molecule has 0 saturated heterocycles. The number of anilines is 1. The van der Waals surface area contributed by atoms with Gasteiger partial charge in [-0.25, -0.2) is 0 Å². The molecule has 23 heavy (non-hydrogen) atoms. The van der Waals surface area contributed by atoms with Gasteiger partial charge < -0.3 is 16.0 Å². The molecule has 6 heteroatoms. The molecule has 0 atom stereocenters. The zero-order chi connectivity index (χ0) is 16.4. The van der Waals surface area contributed by atoms with Crippen molar-refractivity contribution in [2.24, 2.45) is 10.9 Å². The first-order valence-corrected chi connectivity index (χ1v) is 7.90. The van der Waals surface area contributed by atoms with Crippen LogP contribution in [0.4, 0.5) is 5.69 Å². The Kier molecular flexibility index (Phi) is 11.5. The maximum atomic E-state index is 11.0. The molecule has 0 fully saturated rings. The molecule has 0 aliphatic carbocycles. The SMILES string of the molecule is CCNC(=NCC(C)C)NCCc1ccc(NC(C)=O)cc1.I.